The highest BCUT2D eigenvalue weighted by Crippen LogP contribution is 2.30. The first-order chi connectivity index (χ1) is 18.1. The number of hydrogen-bond donors (Lipinski definition) is 4. The van der Waals surface area contributed by atoms with Crippen molar-refractivity contribution in [3.63, 3.8) is 0 Å². The van der Waals surface area contributed by atoms with Gasteiger partial charge in [0.1, 0.15) is 23.4 Å². The molecule has 2 aromatic rings. The van der Waals surface area contributed by atoms with Crippen molar-refractivity contribution >= 4 is 23.6 Å². The summed E-state index contributed by atoms with van der Waals surface area (Å²) in [5, 5.41) is 25.7. The second-order valence-electron chi connectivity index (χ2n) is 11.3. The van der Waals surface area contributed by atoms with Gasteiger partial charge < -0.3 is 30.5 Å². The fourth-order valence-corrected chi connectivity index (χ4v) is 4.34. The molecule has 2 atom stereocenters. The number of aryl methyl sites for hydroxylation is 3. The zero-order chi connectivity index (χ0) is 29.5. The number of phenols is 1. The molecular formula is C30H43N3O6. The molecule has 214 valence electrons. The number of hydrogen-bond acceptors (Lipinski definition) is 6. The van der Waals surface area contributed by atoms with Crippen LogP contribution >= 0.6 is 0 Å². The molecular weight excluding hydrogens is 498 g/mol. The maximum Gasteiger partial charge on any atom is 0.408 e. The molecule has 39 heavy (non-hydrogen) atoms. The van der Waals surface area contributed by atoms with Crippen molar-refractivity contribution in [2.45, 2.75) is 79.5 Å². The van der Waals surface area contributed by atoms with Crippen LogP contribution in [-0.2, 0) is 14.3 Å². The van der Waals surface area contributed by atoms with Crippen molar-refractivity contribution in [3.05, 3.63) is 58.7 Å². The van der Waals surface area contributed by atoms with Crippen LogP contribution in [0.3, 0.4) is 0 Å². The van der Waals surface area contributed by atoms with E-state index in [-0.39, 0.29) is 18.2 Å². The molecule has 0 spiro atoms. The Morgan fingerprint density at radius 1 is 1.00 bits per heavy atom. The summed E-state index contributed by atoms with van der Waals surface area (Å²) in [6.45, 7) is 13.9. The third kappa shape index (κ3) is 8.99. The zero-order valence-corrected chi connectivity index (χ0v) is 24.3. The second-order valence-corrected chi connectivity index (χ2v) is 11.3. The van der Waals surface area contributed by atoms with Crippen molar-refractivity contribution in [1.29, 1.82) is 0 Å². The van der Waals surface area contributed by atoms with Crippen LogP contribution in [0, 0.1) is 26.7 Å². The molecule has 0 saturated heterocycles. The van der Waals surface area contributed by atoms with Crippen LogP contribution in [0.15, 0.2) is 36.4 Å². The molecule has 9 nitrogen and oxygen atoms in total. The van der Waals surface area contributed by atoms with E-state index in [0.717, 1.165) is 11.1 Å². The zero-order valence-electron chi connectivity index (χ0n) is 24.3. The van der Waals surface area contributed by atoms with Gasteiger partial charge in [-0.3, -0.25) is 9.59 Å². The molecule has 0 aliphatic heterocycles. The molecule has 3 amide bonds. The van der Waals surface area contributed by atoms with E-state index in [1.54, 1.807) is 39.8 Å². The first-order valence-electron chi connectivity index (χ1n) is 13.2. The van der Waals surface area contributed by atoms with E-state index in [0.29, 0.717) is 23.2 Å². The number of aliphatic hydroxyl groups is 1. The van der Waals surface area contributed by atoms with Crippen molar-refractivity contribution < 1.29 is 29.3 Å². The number of nitrogens with one attached hydrogen (secondary N) is 2. The van der Waals surface area contributed by atoms with E-state index in [9.17, 15) is 24.6 Å². The number of carbonyl (C=O) groups excluding carboxylic acids is 3. The monoisotopic (exact) mass is 541 g/mol. The van der Waals surface area contributed by atoms with Crippen molar-refractivity contribution in [2.24, 2.45) is 5.92 Å². The number of aliphatic hydroxyl groups excluding tert-OH is 1. The molecule has 0 heterocycles. The smallest absolute Gasteiger partial charge is 0.408 e. The third-order valence-corrected chi connectivity index (χ3v) is 6.15. The van der Waals surface area contributed by atoms with E-state index >= 15 is 0 Å². The van der Waals surface area contributed by atoms with Crippen molar-refractivity contribution in [2.75, 3.05) is 18.5 Å². The van der Waals surface area contributed by atoms with Gasteiger partial charge in [0.2, 0.25) is 5.91 Å². The van der Waals surface area contributed by atoms with Gasteiger partial charge in [-0.05, 0) is 88.3 Å². The second kappa shape index (κ2) is 13.5. The van der Waals surface area contributed by atoms with E-state index < -0.39 is 42.2 Å². The van der Waals surface area contributed by atoms with Crippen LogP contribution in [0.1, 0.15) is 69.3 Å². The minimum atomic E-state index is -1.15. The number of benzene rings is 2. The predicted molar refractivity (Wildman–Crippen MR) is 152 cm³/mol. The summed E-state index contributed by atoms with van der Waals surface area (Å²) in [5.41, 5.74) is 2.56. The Morgan fingerprint density at radius 2 is 1.62 bits per heavy atom. The van der Waals surface area contributed by atoms with Crippen LogP contribution in [0.25, 0.3) is 0 Å². The van der Waals surface area contributed by atoms with Gasteiger partial charge in [-0.1, -0.05) is 38.1 Å². The SMILES string of the molecule is Cc1cc(C(C(=O)Nc2c(C)cccc2C)N(CCO)C(=O)C(CC(C)C)NC(=O)OC(C)(C)C)ccc1O. The van der Waals surface area contributed by atoms with Crippen LogP contribution in [0.2, 0.25) is 0 Å². The van der Waals surface area contributed by atoms with E-state index in [1.807, 2.05) is 45.9 Å². The Bertz CT molecular complexity index is 1150. The molecule has 0 aromatic heterocycles. The lowest BCUT2D eigenvalue weighted by atomic mass is 9.97. The summed E-state index contributed by atoms with van der Waals surface area (Å²) < 4.78 is 5.39. The van der Waals surface area contributed by atoms with E-state index in [2.05, 4.69) is 10.6 Å². The minimum Gasteiger partial charge on any atom is -0.508 e. The van der Waals surface area contributed by atoms with Crippen LogP contribution in [0.4, 0.5) is 10.5 Å². The molecule has 0 fully saturated rings. The molecule has 2 aromatic carbocycles. The van der Waals surface area contributed by atoms with Gasteiger partial charge in [0, 0.05) is 12.2 Å². The largest absolute Gasteiger partial charge is 0.508 e. The number of amides is 3. The first-order valence-corrected chi connectivity index (χ1v) is 13.2. The maximum atomic E-state index is 14.0. The number of alkyl carbamates (subject to hydrolysis) is 1. The molecule has 2 unspecified atom stereocenters. The predicted octanol–water partition coefficient (Wildman–Crippen LogP) is 4.76. The highest BCUT2D eigenvalue weighted by molar-refractivity contribution is 6.00. The van der Waals surface area contributed by atoms with Gasteiger partial charge >= 0.3 is 6.09 Å². The van der Waals surface area contributed by atoms with Gasteiger partial charge in [-0.25, -0.2) is 4.79 Å². The summed E-state index contributed by atoms with van der Waals surface area (Å²) in [7, 11) is 0. The fourth-order valence-electron chi connectivity index (χ4n) is 4.34. The number of anilines is 1. The Morgan fingerprint density at radius 3 is 2.13 bits per heavy atom. The Hall–Kier alpha value is -3.59. The number of carbonyl (C=O) groups is 3. The van der Waals surface area contributed by atoms with E-state index in [1.165, 1.54) is 11.0 Å². The fraction of sp³-hybridized carbons (Fsp3) is 0.500. The molecule has 2 rings (SSSR count). The topological polar surface area (TPSA) is 128 Å². The lowest BCUT2D eigenvalue weighted by molar-refractivity contribution is -0.141. The summed E-state index contributed by atoms with van der Waals surface area (Å²) in [6, 6.07) is 8.18. The Balaban J connectivity index is 2.58. The van der Waals surface area contributed by atoms with Gasteiger partial charge in [-0.15, -0.1) is 0 Å². The molecule has 0 saturated carbocycles. The van der Waals surface area contributed by atoms with E-state index in [4.69, 9.17) is 4.74 Å². The Kier molecular flexibility index (Phi) is 10.9. The lowest BCUT2D eigenvalue weighted by Crippen LogP contribution is -2.53. The first kappa shape index (κ1) is 31.6. The lowest BCUT2D eigenvalue weighted by Gasteiger charge is -2.35. The van der Waals surface area contributed by atoms with Crippen molar-refractivity contribution in [1.82, 2.24) is 10.2 Å². The molecule has 4 N–H and O–H groups in total. The summed E-state index contributed by atoms with van der Waals surface area (Å²) in [4.78, 5) is 41.9. The number of ether oxygens (including phenoxy) is 1. The summed E-state index contributed by atoms with van der Waals surface area (Å²) in [6.07, 6.45) is -0.456. The summed E-state index contributed by atoms with van der Waals surface area (Å²) >= 11 is 0. The van der Waals surface area contributed by atoms with Crippen LogP contribution in [0.5, 0.6) is 5.75 Å². The summed E-state index contributed by atoms with van der Waals surface area (Å²) in [5.74, 6) is -0.935. The average Bonchev–Trinajstić information content (AvgIpc) is 2.81. The minimum absolute atomic E-state index is 0.0303. The highest BCUT2D eigenvalue weighted by atomic mass is 16.6. The van der Waals surface area contributed by atoms with Gasteiger partial charge in [0.25, 0.3) is 5.91 Å². The normalized spacial score (nSPS) is 13.0. The molecule has 0 bridgehead atoms. The number of aromatic hydroxyl groups is 1. The van der Waals surface area contributed by atoms with Crippen molar-refractivity contribution in [3.8, 4) is 5.75 Å². The van der Waals surface area contributed by atoms with Crippen LogP contribution < -0.4 is 10.6 Å². The standard InChI is InChI=1S/C30H43N3O6/c1-18(2)16-23(31-29(38)39-30(6,7)8)28(37)33(14-15-34)26(22-12-13-24(35)21(5)17-22)27(36)32-25-19(3)10-9-11-20(25)4/h9-13,17-18,23,26,34-35H,14-16H2,1-8H3,(H,31,38)(H,32,36). The van der Waals surface area contributed by atoms with Crippen LogP contribution in [-0.4, -0.2) is 57.8 Å². The molecule has 0 aliphatic rings. The van der Waals surface area contributed by atoms with Gasteiger partial charge in [0.05, 0.1) is 6.61 Å². The molecule has 9 heteroatoms. The van der Waals surface area contributed by atoms with Gasteiger partial charge in [0.15, 0.2) is 0 Å². The number of rotatable bonds is 10. The molecule has 0 aliphatic carbocycles. The number of nitrogens with zero attached hydrogens (tertiary/aromatic N) is 1. The average molecular weight is 542 g/mol. The quantitative estimate of drug-likeness (QED) is 0.343. The number of phenolic OH excluding ortho intramolecular Hbond substituents is 1. The highest BCUT2D eigenvalue weighted by Gasteiger charge is 2.37. The maximum absolute atomic E-state index is 14.0. The Labute approximate surface area is 231 Å². The number of para-hydroxylation sites is 1. The third-order valence-electron chi connectivity index (χ3n) is 6.15. The van der Waals surface area contributed by atoms with Gasteiger partial charge in [-0.2, -0.15) is 0 Å². The molecule has 0 radical (unpaired) electrons.